The number of amides is 1. The standard InChI is InChI=1S/C12H15N5OS/c1-2-9-3-8(4-11(16-9)17-13)12(18)15-6-10-5-14-7-19-10/h3-5,7H,2,6,13H2,1H3,(H,15,18)(H,16,17). The molecule has 2 rings (SSSR count). The predicted octanol–water partition coefficient (Wildman–Crippen LogP) is 1.32. The van der Waals surface area contributed by atoms with Gasteiger partial charge in [-0.1, -0.05) is 6.92 Å². The van der Waals surface area contributed by atoms with Gasteiger partial charge in [0.15, 0.2) is 0 Å². The van der Waals surface area contributed by atoms with E-state index < -0.39 is 0 Å². The molecule has 2 aromatic heterocycles. The smallest absolute Gasteiger partial charge is 0.251 e. The number of nitrogens with zero attached hydrogens (tertiary/aromatic N) is 2. The molecule has 6 nitrogen and oxygen atoms in total. The molecule has 4 N–H and O–H groups in total. The average Bonchev–Trinajstić information content (AvgIpc) is 2.97. The zero-order valence-electron chi connectivity index (χ0n) is 10.5. The summed E-state index contributed by atoms with van der Waals surface area (Å²) in [7, 11) is 0. The first kappa shape index (κ1) is 13.4. The maximum Gasteiger partial charge on any atom is 0.251 e. The molecule has 0 unspecified atom stereocenters. The van der Waals surface area contributed by atoms with Gasteiger partial charge in [0.25, 0.3) is 5.91 Å². The van der Waals surface area contributed by atoms with E-state index >= 15 is 0 Å². The highest BCUT2D eigenvalue weighted by atomic mass is 32.1. The third-order valence-electron chi connectivity index (χ3n) is 2.56. The van der Waals surface area contributed by atoms with E-state index in [9.17, 15) is 4.79 Å². The van der Waals surface area contributed by atoms with Crippen LogP contribution in [0.4, 0.5) is 5.82 Å². The van der Waals surface area contributed by atoms with E-state index in [1.165, 1.54) is 11.3 Å². The SMILES string of the molecule is CCc1cc(C(=O)NCc2cncs2)cc(NN)n1. The van der Waals surface area contributed by atoms with Crippen molar-refractivity contribution in [2.24, 2.45) is 5.84 Å². The molecule has 0 bridgehead atoms. The summed E-state index contributed by atoms with van der Waals surface area (Å²) in [4.78, 5) is 21.3. The van der Waals surface area contributed by atoms with Crippen LogP contribution in [0.2, 0.25) is 0 Å². The Morgan fingerprint density at radius 1 is 1.47 bits per heavy atom. The first-order valence-electron chi connectivity index (χ1n) is 5.86. The van der Waals surface area contributed by atoms with E-state index in [2.05, 4.69) is 20.7 Å². The molecule has 2 heterocycles. The Bertz CT molecular complexity index is 533. The minimum atomic E-state index is -0.151. The summed E-state index contributed by atoms with van der Waals surface area (Å²) in [6.07, 6.45) is 2.48. The van der Waals surface area contributed by atoms with Crippen molar-refractivity contribution in [2.75, 3.05) is 5.43 Å². The van der Waals surface area contributed by atoms with Crippen LogP contribution in [0, 0.1) is 0 Å². The van der Waals surface area contributed by atoms with Gasteiger partial charge in [-0.05, 0) is 18.6 Å². The lowest BCUT2D eigenvalue weighted by molar-refractivity contribution is 0.0951. The molecule has 19 heavy (non-hydrogen) atoms. The van der Waals surface area contributed by atoms with E-state index in [0.717, 1.165) is 17.0 Å². The molecule has 1 amide bonds. The van der Waals surface area contributed by atoms with Crippen molar-refractivity contribution in [3.63, 3.8) is 0 Å². The van der Waals surface area contributed by atoms with Crippen molar-refractivity contribution in [3.8, 4) is 0 Å². The summed E-state index contributed by atoms with van der Waals surface area (Å²) in [5.41, 5.74) is 5.57. The summed E-state index contributed by atoms with van der Waals surface area (Å²) < 4.78 is 0. The van der Waals surface area contributed by atoms with Gasteiger partial charge in [-0.15, -0.1) is 11.3 Å². The molecule has 0 spiro atoms. The van der Waals surface area contributed by atoms with Crippen LogP contribution in [-0.2, 0) is 13.0 Å². The van der Waals surface area contributed by atoms with Crippen LogP contribution in [0.15, 0.2) is 23.8 Å². The zero-order valence-corrected chi connectivity index (χ0v) is 11.3. The van der Waals surface area contributed by atoms with Gasteiger partial charge in [-0.2, -0.15) is 0 Å². The highest BCUT2D eigenvalue weighted by Gasteiger charge is 2.09. The third kappa shape index (κ3) is 3.49. The van der Waals surface area contributed by atoms with E-state index in [1.54, 1.807) is 23.8 Å². The van der Waals surface area contributed by atoms with Crippen LogP contribution in [0.25, 0.3) is 0 Å². The molecule has 100 valence electrons. The largest absolute Gasteiger partial charge is 0.347 e. The maximum atomic E-state index is 12.1. The summed E-state index contributed by atoms with van der Waals surface area (Å²) in [5, 5.41) is 2.84. The quantitative estimate of drug-likeness (QED) is 0.566. The van der Waals surface area contributed by atoms with Gasteiger partial charge in [0, 0.05) is 22.3 Å². The van der Waals surface area contributed by atoms with Crippen molar-refractivity contribution >= 4 is 23.1 Å². The van der Waals surface area contributed by atoms with Crippen LogP contribution >= 0.6 is 11.3 Å². The Hall–Kier alpha value is -1.99. The topological polar surface area (TPSA) is 92.9 Å². The number of carbonyl (C=O) groups excluding carboxylic acids is 1. The second kappa shape index (κ2) is 6.26. The number of rotatable bonds is 5. The lowest BCUT2D eigenvalue weighted by Crippen LogP contribution is -2.23. The number of hydrogen-bond acceptors (Lipinski definition) is 6. The van der Waals surface area contributed by atoms with Gasteiger partial charge in [0.05, 0.1) is 12.1 Å². The van der Waals surface area contributed by atoms with Gasteiger partial charge in [-0.25, -0.2) is 10.8 Å². The number of nitrogens with two attached hydrogens (primary N) is 1. The first-order chi connectivity index (χ1) is 9.22. The summed E-state index contributed by atoms with van der Waals surface area (Å²) in [6, 6.07) is 3.39. The van der Waals surface area contributed by atoms with Gasteiger partial charge in [0.2, 0.25) is 0 Å². The normalized spacial score (nSPS) is 10.2. The lowest BCUT2D eigenvalue weighted by atomic mass is 10.2. The fraction of sp³-hybridized carbons (Fsp3) is 0.250. The number of pyridine rings is 1. The van der Waals surface area contributed by atoms with Crippen LogP contribution in [-0.4, -0.2) is 15.9 Å². The first-order valence-corrected chi connectivity index (χ1v) is 6.74. The predicted molar refractivity (Wildman–Crippen MR) is 74.7 cm³/mol. The zero-order chi connectivity index (χ0) is 13.7. The lowest BCUT2D eigenvalue weighted by Gasteiger charge is -2.07. The molecule has 0 aromatic carbocycles. The number of nitrogens with one attached hydrogen (secondary N) is 2. The second-order valence-electron chi connectivity index (χ2n) is 3.88. The molecular weight excluding hydrogens is 262 g/mol. The number of thiazole rings is 1. The highest BCUT2D eigenvalue weighted by molar-refractivity contribution is 7.09. The van der Waals surface area contributed by atoms with Crippen molar-refractivity contribution in [1.29, 1.82) is 0 Å². The number of aromatic nitrogens is 2. The molecule has 0 aliphatic carbocycles. The minimum Gasteiger partial charge on any atom is -0.347 e. The molecule has 0 radical (unpaired) electrons. The van der Waals surface area contributed by atoms with E-state index in [-0.39, 0.29) is 5.91 Å². The van der Waals surface area contributed by atoms with Crippen LogP contribution < -0.4 is 16.6 Å². The van der Waals surface area contributed by atoms with Crippen molar-refractivity contribution in [2.45, 2.75) is 19.9 Å². The fourth-order valence-corrected chi connectivity index (χ4v) is 2.11. The highest BCUT2D eigenvalue weighted by Crippen LogP contribution is 2.11. The molecule has 2 aromatic rings. The van der Waals surface area contributed by atoms with E-state index in [0.29, 0.717) is 17.9 Å². The number of anilines is 1. The van der Waals surface area contributed by atoms with Crippen molar-refractivity contribution < 1.29 is 4.79 Å². The number of nitrogen functional groups attached to an aromatic ring is 1. The van der Waals surface area contributed by atoms with Crippen LogP contribution in [0.1, 0.15) is 27.9 Å². The molecule has 0 saturated carbocycles. The van der Waals surface area contributed by atoms with Crippen LogP contribution in [0.3, 0.4) is 0 Å². The van der Waals surface area contributed by atoms with Crippen molar-refractivity contribution in [3.05, 3.63) is 40.0 Å². The summed E-state index contributed by atoms with van der Waals surface area (Å²) >= 11 is 1.50. The number of carbonyl (C=O) groups is 1. The van der Waals surface area contributed by atoms with Gasteiger partial charge in [0.1, 0.15) is 5.82 Å². The summed E-state index contributed by atoms with van der Waals surface area (Å²) in [6.45, 7) is 2.44. The number of hydrogen-bond donors (Lipinski definition) is 3. The molecule has 0 saturated heterocycles. The Balaban J connectivity index is 2.09. The molecule has 7 heteroatoms. The number of hydrazine groups is 1. The third-order valence-corrected chi connectivity index (χ3v) is 3.34. The molecule has 0 fully saturated rings. The molecule has 0 aliphatic heterocycles. The van der Waals surface area contributed by atoms with Crippen LogP contribution in [0.5, 0.6) is 0 Å². The Labute approximate surface area is 115 Å². The average molecular weight is 277 g/mol. The Kier molecular flexibility index (Phi) is 4.43. The Morgan fingerprint density at radius 2 is 2.32 bits per heavy atom. The fourth-order valence-electron chi connectivity index (χ4n) is 1.57. The van der Waals surface area contributed by atoms with E-state index in [1.807, 2.05) is 6.92 Å². The van der Waals surface area contributed by atoms with Gasteiger partial charge < -0.3 is 10.7 Å². The second-order valence-corrected chi connectivity index (χ2v) is 4.85. The molecular formula is C12H15N5OS. The van der Waals surface area contributed by atoms with Crippen molar-refractivity contribution in [1.82, 2.24) is 15.3 Å². The monoisotopic (exact) mass is 277 g/mol. The minimum absolute atomic E-state index is 0.151. The van der Waals surface area contributed by atoms with E-state index in [4.69, 9.17) is 5.84 Å². The maximum absolute atomic E-state index is 12.1. The summed E-state index contributed by atoms with van der Waals surface area (Å²) in [5.74, 6) is 5.68. The number of aryl methyl sites for hydroxylation is 1. The Morgan fingerprint density at radius 3 is 2.95 bits per heavy atom. The van der Waals surface area contributed by atoms with Gasteiger partial charge >= 0.3 is 0 Å². The molecule has 0 aliphatic rings. The van der Waals surface area contributed by atoms with Gasteiger partial charge in [-0.3, -0.25) is 9.78 Å². The molecule has 0 atom stereocenters.